The number of pyridine rings is 1. The van der Waals surface area contributed by atoms with Crippen LogP contribution in [0.5, 0.6) is 0 Å². The molecule has 0 aliphatic carbocycles. The van der Waals surface area contributed by atoms with E-state index in [1.807, 2.05) is 29.2 Å². The van der Waals surface area contributed by atoms with Crippen molar-refractivity contribution in [3.8, 4) is 0 Å². The lowest BCUT2D eigenvalue weighted by Gasteiger charge is -2.26. The van der Waals surface area contributed by atoms with Gasteiger partial charge in [-0.15, -0.1) is 0 Å². The van der Waals surface area contributed by atoms with Crippen molar-refractivity contribution in [1.29, 1.82) is 0 Å². The summed E-state index contributed by atoms with van der Waals surface area (Å²) >= 11 is 0. The molecule has 0 unspecified atom stereocenters. The number of aromatic nitrogens is 1. The fourth-order valence-electron chi connectivity index (χ4n) is 2.57. The number of hydrogen-bond donors (Lipinski definition) is 1. The van der Waals surface area contributed by atoms with Gasteiger partial charge in [0.25, 0.3) is 5.91 Å². The third-order valence-corrected chi connectivity index (χ3v) is 3.61. The maximum absolute atomic E-state index is 12.4. The van der Waals surface area contributed by atoms with Crippen LogP contribution in [0.1, 0.15) is 29.8 Å². The maximum Gasteiger partial charge on any atom is 0.272 e. The van der Waals surface area contributed by atoms with Crippen molar-refractivity contribution in [3.05, 3.63) is 36.0 Å². The second kappa shape index (κ2) is 4.88. The Kier molecular flexibility index (Phi) is 3.07. The van der Waals surface area contributed by atoms with Crippen LogP contribution in [0.15, 0.2) is 30.3 Å². The number of likely N-dealkylation sites (tertiary alicyclic amines) is 1. The summed E-state index contributed by atoms with van der Waals surface area (Å²) in [4.78, 5) is 18.7. The summed E-state index contributed by atoms with van der Waals surface area (Å²) < 4.78 is 0. The smallest absolute Gasteiger partial charge is 0.272 e. The van der Waals surface area contributed by atoms with Crippen LogP contribution in [0, 0.1) is 0 Å². The topological polar surface area (TPSA) is 59.2 Å². The van der Waals surface area contributed by atoms with E-state index in [4.69, 9.17) is 5.73 Å². The molecule has 1 aliphatic heterocycles. The average Bonchev–Trinajstić information content (AvgIpc) is 2.47. The Morgan fingerprint density at radius 3 is 2.68 bits per heavy atom. The summed E-state index contributed by atoms with van der Waals surface area (Å²) in [5.41, 5.74) is 7.87. The van der Waals surface area contributed by atoms with Crippen LogP contribution < -0.4 is 5.73 Å². The fraction of sp³-hybridized carbons (Fsp3) is 0.333. The molecule has 19 heavy (non-hydrogen) atoms. The third-order valence-electron chi connectivity index (χ3n) is 3.61. The van der Waals surface area contributed by atoms with Gasteiger partial charge in [-0.05, 0) is 31.4 Å². The van der Waals surface area contributed by atoms with E-state index in [2.05, 4.69) is 4.98 Å². The molecule has 1 saturated heterocycles. The second-order valence-electron chi connectivity index (χ2n) is 4.97. The van der Waals surface area contributed by atoms with Crippen molar-refractivity contribution in [2.45, 2.75) is 19.3 Å². The highest BCUT2D eigenvalue weighted by Gasteiger charge is 2.20. The van der Waals surface area contributed by atoms with Gasteiger partial charge in [0.15, 0.2) is 0 Å². The lowest BCUT2D eigenvalue weighted by atomic mass is 10.1. The van der Waals surface area contributed by atoms with Crippen molar-refractivity contribution in [2.75, 3.05) is 18.8 Å². The molecule has 4 nitrogen and oxygen atoms in total. The minimum absolute atomic E-state index is 0.00264. The monoisotopic (exact) mass is 255 g/mol. The Hall–Kier alpha value is -2.10. The van der Waals surface area contributed by atoms with Crippen molar-refractivity contribution in [1.82, 2.24) is 9.88 Å². The predicted octanol–water partition coefficient (Wildman–Crippen LogP) is 2.44. The highest BCUT2D eigenvalue weighted by molar-refractivity contribution is 5.99. The first kappa shape index (κ1) is 12.0. The molecule has 0 atom stereocenters. The van der Waals surface area contributed by atoms with Gasteiger partial charge in [-0.2, -0.15) is 0 Å². The fourth-order valence-corrected chi connectivity index (χ4v) is 2.57. The second-order valence-corrected chi connectivity index (χ2v) is 4.97. The van der Waals surface area contributed by atoms with Gasteiger partial charge in [0, 0.05) is 24.2 Å². The number of piperidine rings is 1. The minimum atomic E-state index is -0.00264. The van der Waals surface area contributed by atoms with Crippen molar-refractivity contribution in [2.24, 2.45) is 0 Å². The lowest BCUT2D eigenvalue weighted by Crippen LogP contribution is -2.36. The van der Waals surface area contributed by atoms with Crippen molar-refractivity contribution >= 4 is 22.5 Å². The van der Waals surface area contributed by atoms with E-state index in [1.54, 1.807) is 6.07 Å². The van der Waals surface area contributed by atoms with Gasteiger partial charge in [0.2, 0.25) is 0 Å². The summed E-state index contributed by atoms with van der Waals surface area (Å²) in [6.45, 7) is 1.65. The molecule has 1 amide bonds. The van der Waals surface area contributed by atoms with E-state index >= 15 is 0 Å². The molecule has 1 fully saturated rings. The molecule has 0 spiro atoms. The SMILES string of the molecule is Nc1cc(C(=O)N2CCCCC2)nc2ccccc12. The van der Waals surface area contributed by atoms with Crippen LogP contribution in [0.25, 0.3) is 10.9 Å². The Bertz CT molecular complexity index is 618. The Balaban J connectivity index is 1.98. The third kappa shape index (κ3) is 2.26. The zero-order valence-electron chi connectivity index (χ0n) is 10.8. The molecule has 0 radical (unpaired) electrons. The van der Waals surface area contributed by atoms with E-state index in [9.17, 15) is 4.79 Å². The quantitative estimate of drug-likeness (QED) is 0.851. The van der Waals surface area contributed by atoms with Crippen LogP contribution in [0.3, 0.4) is 0 Å². The summed E-state index contributed by atoms with van der Waals surface area (Å²) in [7, 11) is 0. The van der Waals surface area contributed by atoms with Gasteiger partial charge in [0.1, 0.15) is 5.69 Å². The number of fused-ring (bicyclic) bond motifs is 1. The van der Waals surface area contributed by atoms with Crippen LogP contribution in [0.2, 0.25) is 0 Å². The Labute approximate surface area is 112 Å². The van der Waals surface area contributed by atoms with E-state index in [0.29, 0.717) is 11.4 Å². The molecule has 2 heterocycles. The number of carbonyl (C=O) groups is 1. The van der Waals surface area contributed by atoms with Crippen LogP contribution in [0.4, 0.5) is 5.69 Å². The van der Waals surface area contributed by atoms with E-state index in [1.165, 1.54) is 6.42 Å². The van der Waals surface area contributed by atoms with E-state index < -0.39 is 0 Å². The molecule has 0 bridgehead atoms. The number of nitrogens with zero attached hydrogens (tertiary/aromatic N) is 2. The molecular formula is C15H17N3O. The first-order chi connectivity index (χ1) is 9.25. The largest absolute Gasteiger partial charge is 0.398 e. The van der Waals surface area contributed by atoms with Crippen molar-refractivity contribution < 1.29 is 4.79 Å². The van der Waals surface area contributed by atoms with Gasteiger partial charge in [-0.25, -0.2) is 4.98 Å². The van der Waals surface area contributed by atoms with Gasteiger partial charge in [0.05, 0.1) is 5.52 Å². The minimum Gasteiger partial charge on any atom is -0.398 e. The van der Waals surface area contributed by atoms with Gasteiger partial charge >= 0.3 is 0 Å². The summed E-state index contributed by atoms with van der Waals surface area (Å²) in [5.74, 6) is -0.00264. The number of nitrogen functional groups attached to an aromatic ring is 1. The average molecular weight is 255 g/mol. The molecular weight excluding hydrogens is 238 g/mol. The molecule has 98 valence electrons. The summed E-state index contributed by atoms with van der Waals surface area (Å²) in [6, 6.07) is 9.33. The number of rotatable bonds is 1. The molecule has 0 saturated carbocycles. The van der Waals surface area contributed by atoms with Gasteiger partial charge in [-0.1, -0.05) is 18.2 Å². The molecule has 1 aliphatic rings. The normalized spacial score (nSPS) is 15.7. The number of hydrogen-bond acceptors (Lipinski definition) is 3. The number of anilines is 1. The van der Waals surface area contributed by atoms with Crippen LogP contribution in [-0.2, 0) is 0 Å². The summed E-state index contributed by atoms with van der Waals surface area (Å²) in [6.07, 6.45) is 3.36. The summed E-state index contributed by atoms with van der Waals surface area (Å²) in [5, 5.41) is 0.901. The zero-order valence-corrected chi connectivity index (χ0v) is 10.8. The molecule has 2 aromatic rings. The lowest BCUT2D eigenvalue weighted by molar-refractivity contribution is 0.0719. The zero-order chi connectivity index (χ0) is 13.2. The number of benzene rings is 1. The van der Waals surface area contributed by atoms with Crippen LogP contribution in [-0.4, -0.2) is 28.9 Å². The highest BCUT2D eigenvalue weighted by Crippen LogP contribution is 2.21. The number of amides is 1. The Morgan fingerprint density at radius 1 is 1.16 bits per heavy atom. The first-order valence-corrected chi connectivity index (χ1v) is 6.70. The molecule has 4 heteroatoms. The van der Waals surface area contributed by atoms with Crippen LogP contribution >= 0.6 is 0 Å². The molecule has 1 aromatic carbocycles. The number of nitrogens with two attached hydrogens (primary N) is 1. The Morgan fingerprint density at radius 2 is 1.89 bits per heavy atom. The maximum atomic E-state index is 12.4. The molecule has 1 aromatic heterocycles. The number of para-hydroxylation sites is 1. The standard InChI is InChI=1S/C15H17N3O/c16-12-10-14(15(19)18-8-4-1-5-9-18)17-13-7-3-2-6-11(12)13/h2-3,6-7,10H,1,4-5,8-9H2,(H2,16,17). The van der Waals surface area contributed by atoms with E-state index in [0.717, 1.165) is 36.8 Å². The van der Waals surface area contributed by atoms with E-state index in [-0.39, 0.29) is 5.91 Å². The van der Waals surface area contributed by atoms with Gasteiger partial charge in [-0.3, -0.25) is 4.79 Å². The van der Waals surface area contributed by atoms with Crippen molar-refractivity contribution in [3.63, 3.8) is 0 Å². The van der Waals surface area contributed by atoms with Gasteiger partial charge < -0.3 is 10.6 Å². The highest BCUT2D eigenvalue weighted by atomic mass is 16.2. The predicted molar refractivity (Wildman–Crippen MR) is 75.9 cm³/mol. The molecule has 3 rings (SSSR count). The first-order valence-electron chi connectivity index (χ1n) is 6.70. The number of carbonyl (C=O) groups excluding carboxylic acids is 1. The molecule has 2 N–H and O–H groups in total.